The van der Waals surface area contributed by atoms with Crippen molar-refractivity contribution in [1.82, 2.24) is 4.90 Å². The molecule has 1 aromatic heterocycles. The third-order valence-corrected chi connectivity index (χ3v) is 5.14. The first-order valence-electron chi connectivity index (χ1n) is 7.18. The molecule has 0 amide bonds. The minimum Gasteiger partial charge on any atom is -0.396 e. The summed E-state index contributed by atoms with van der Waals surface area (Å²) in [5.74, 6) is 0. The van der Waals surface area contributed by atoms with Crippen molar-refractivity contribution >= 4 is 21.4 Å². The molecule has 3 heteroatoms. The lowest BCUT2D eigenvalue weighted by atomic mass is 10.1. The number of benzene rings is 1. The second kappa shape index (κ2) is 6.04. The SMILES string of the molecule is OCCCC1CCCN1Cc1csc2ccccc12. The Morgan fingerprint density at radius 1 is 1.32 bits per heavy atom. The molecule has 1 unspecified atom stereocenters. The molecule has 1 aliphatic heterocycles. The van der Waals surface area contributed by atoms with E-state index in [4.69, 9.17) is 5.11 Å². The number of aliphatic hydroxyl groups is 1. The molecule has 1 aromatic carbocycles. The molecular formula is C16H21NOS. The summed E-state index contributed by atoms with van der Waals surface area (Å²) in [4.78, 5) is 2.60. The van der Waals surface area contributed by atoms with Gasteiger partial charge in [-0.25, -0.2) is 0 Å². The molecule has 1 saturated heterocycles. The van der Waals surface area contributed by atoms with Crippen LogP contribution in [-0.2, 0) is 6.54 Å². The summed E-state index contributed by atoms with van der Waals surface area (Å²) in [6.07, 6.45) is 4.67. The molecule has 1 fully saturated rings. The standard InChI is InChI=1S/C16H21NOS/c18-10-4-6-14-5-3-9-17(14)11-13-12-19-16-8-2-1-7-15(13)16/h1-2,7-8,12,14,18H,3-6,9-11H2. The second-order valence-electron chi connectivity index (χ2n) is 5.39. The first kappa shape index (κ1) is 13.1. The number of thiophene rings is 1. The normalized spacial score (nSPS) is 20.4. The van der Waals surface area contributed by atoms with Crippen LogP contribution in [0.2, 0.25) is 0 Å². The molecule has 102 valence electrons. The van der Waals surface area contributed by atoms with Crippen molar-refractivity contribution in [2.45, 2.75) is 38.3 Å². The molecule has 2 aromatic rings. The average Bonchev–Trinajstić information content (AvgIpc) is 3.05. The van der Waals surface area contributed by atoms with Gasteiger partial charge in [0.2, 0.25) is 0 Å². The topological polar surface area (TPSA) is 23.5 Å². The van der Waals surface area contributed by atoms with Gasteiger partial charge in [-0.3, -0.25) is 4.90 Å². The van der Waals surface area contributed by atoms with Gasteiger partial charge in [-0.05, 0) is 54.6 Å². The van der Waals surface area contributed by atoms with Crippen LogP contribution in [0.5, 0.6) is 0 Å². The minimum atomic E-state index is 0.325. The Morgan fingerprint density at radius 2 is 2.21 bits per heavy atom. The number of aliphatic hydroxyl groups excluding tert-OH is 1. The fourth-order valence-corrected chi connectivity index (χ4v) is 4.09. The molecule has 3 rings (SSSR count). The zero-order chi connectivity index (χ0) is 13.1. The average molecular weight is 275 g/mol. The Kier molecular flexibility index (Phi) is 4.16. The lowest BCUT2D eigenvalue weighted by Crippen LogP contribution is -2.28. The molecule has 0 radical (unpaired) electrons. The van der Waals surface area contributed by atoms with E-state index in [0.29, 0.717) is 12.6 Å². The molecule has 2 heterocycles. The highest BCUT2D eigenvalue weighted by molar-refractivity contribution is 7.17. The summed E-state index contributed by atoms with van der Waals surface area (Å²) in [5, 5.41) is 12.7. The third kappa shape index (κ3) is 2.83. The van der Waals surface area contributed by atoms with Crippen molar-refractivity contribution < 1.29 is 5.11 Å². The van der Waals surface area contributed by atoms with E-state index < -0.39 is 0 Å². The van der Waals surface area contributed by atoms with E-state index in [1.807, 2.05) is 11.3 Å². The van der Waals surface area contributed by atoms with Gasteiger partial charge < -0.3 is 5.11 Å². The van der Waals surface area contributed by atoms with E-state index in [9.17, 15) is 0 Å². The maximum Gasteiger partial charge on any atom is 0.0431 e. The molecule has 0 bridgehead atoms. The van der Waals surface area contributed by atoms with Gasteiger partial charge in [0, 0.05) is 23.9 Å². The van der Waals surface area contributed by atoms with Crippen LogP contribution >= 0.6 is 11.3 Å². The van der Waals surface area contributed by atoms with Crippen LogP contribution in [0, 0.1) is 0 Å². The Labute approximate surface area is 118 Å². The number of nitrogens with zero attached hydrogens (tertiary/aromatic N) is 1. The van der Waals surface area contributed by atoms with Gasteiger partial charge in [0.15, 0.2) is 0 Å². The van der Waals surface area contributed by atoms with Gasteiger partial charge in [-0.1, -0.05) is 18.2 Å². The summed E-state index contributed by atoms with van der Waals surface area (Å²) in [6.45, 7) is 2.60. The molecule has 0 aliphatic carbocycles. The first-order chi connectivity index (χ1) is 9.38. The van der Waals surface area contributed by atoms with Gasteiger partial charge >= 0.3 is 0 Å². The lowest BCUT2D eigenvalue weighted by Gasteiger charge is -2.24. The van der Waals surface area contributed by atoms with Gasteiger partial charge in [-0.15, -0.1) is 11.3 Å². The highest BCUT2D eigenvalue weighted by Crippen LogP contribution is 2.30. The van der Waals surface area contributed by atoms with E-state index in [1.54, 1.807) is 0 Å². The van der Waals surface area contributed by atoms with Crippen molar-refractivity contribution in [3.05, 3.63) is 35.2 Å². The van der Waals surface area contributed by atoms with Crippen molar-refractivity contribution in [2.24, 2.45) is 0 Å². The van der Waals surface area contributed by atoms with Gasteiger partial charge in [0.05, 0.1) is 0 Å². The molecule has 1 N–H and O–H groups in total. The minimum absolute atomic E-state index is 0.325. The summed E-state index contributed by atoms with van der Waals surface area (Å²) in [6, 6.07) is 9.36. The fraction of sp³-hybridized carbons (Fsp3) is 0.500. The molecule has 1 atom stereocenters. The van der Waals surface area contributed by atoms with E-state index in [2.05, 4.69) is 34.5 Å². The van der Waals surface area contributed by atoms with E-state index in [-0.39, 0.29) is 0 Å². The lowest BCUT2D eigenvalue weighted by molar-refractivity contribution is 0.211. The number of hydrogen-bond donors (Lipinski definition) is 1. The number of hydrogen-bond acceptors (Lipinski definition) is 3. The van der Waals surface area contributed by atoms with Gasteiger partial charge in [-0.2, -0.15) is 0 Å². The van der Waals surface area contributed by atoms with Gasteiger partial charge in [0.1, 0.15) is 0 Å². The molecule has 2 nitrogen and oxygen atoms in total. The molecule has 0 spiro atoms. The number of likely N-dealkylation sites (tertiary alicyclic amines) is 1. The second-order valence-corrected chi connectivity index (χ2v) is 6.30. The quantitative estimate of drug-likeness (QED) is 0.900. The monoisotopic (exact) mass is 275 g/mol. The van der Waals surface area contributed by atoms with Crippen molar-refractivity contribution in [2.75, 3.05) is 13.2 Å². The maximum absolute atomic E-state index is 8.99. The molecule has 1 aliphatic rings. The summed E-state index contributed by atoms with van der Waals surface area (Å²) in [7, 11) is 0. The molecule has 19 heavy (non-hydrogen) atoms. The molecular weight excluding hydrogens is 254 g/mol. The Morgan fingerprint density at radius 3 is 3.11 bits per heavy atom. The highest BCUT2D eigenvalue weighted by atomic mass is 32.1. The van der Waals surface area contributed by atoms with Crippen LogP contribution in [-0.4, -0.2) is 29.2 Å². The van der Waals surface area contributed by atoms with E-state index >= 15 is 0 Å². The van der Waals surface area contributed by atoms with Crippen molar-refractivity contribution in [1.29, 1.82) is 0 Å². The predicted molar refractivity (Wildman–Crippen MR) is 81.6 cm³/mol. The van der Waals surface area contributed by atoms with Crippen LogP contribution in [0.25, 0.3) is 10.1 Å². The summed E-state index contributed by atoms with van der Waals surface area (Å²) in [5.41, 5.74) is 1.47. The van der Waals surface area contributed by atoms with Crippen LogP contribution in [0.4, 0.5) is 0 Å². The van der Waals surface area contributed by atoms with Crippen LogP contribution in [0.1, 0.15) is 31.2 Å². The van der Waals surface area contributed by atoms with Gasteiger partial charge in [0.25, 0.3) is 0 Å². The third-order valence-electron chi connectivity index (χ3n) is 4.13. The van der Waals surface area contributed by atoms with E-state index in [1.165, 1.54) is 35.0 Å². The van der Waals surface area contributed by atoms with Crippen molar-refractivity contribution in [3.8, 4) is 0 Å². The molecule has 0 saturated carbocycles. The largest absolute Gasteiger partial charge is 0.396 e. The zero-order valence-electron chi connectivity index (χ0n) is 11.2. The predicted octanol–water partition coefficient (Wildman–Crippen LogP) is 3.64. The highest BCUT2D eigenvalue weighted by Gasteiger charge is 2.24. The van der Waals surface area contributed by atoms with Crippen LogP contribution in [0.15, 0.2) is 29.6 Å². The Hall–Kier alpha value is -0.900. The zero-order valence-corrected chi connectivity index (χ0v) is 12.0. The summed E-state index contributed by atoms with van der Waals surface area (Å²) < 4.78 is 1.39. The fourth-order valence-electron chi connectivity index (χ4n) is 3.13. The van der Waals surface area contributed by atoms with Crippen molar-refractivity contribution in [3.63, 3.8) is 0 Å². The smallest absolute Gasteiger partial charge is 0.0431 e. The number of fused-ring (bicyclic) bond motifs is 1. The Balaban J connectivity index is 1.73. The van der Waals surface area contributed by atoms with Crippen LogP contribution in [0.3, 0.4) is 0 Å². The van der Waals surface area contributed by atoms with Crippen LogP contribution < -0.4 is 0 Å². The maximum atomic E-state index is 8.99. The Bertz CT molecular complexity index is 536. The summed E-state index contributed by atoms with van der Waals surface area (Å²) >= 11 is 1.85. The number of rotatable bonds is 5. The van der Waals surface area contributed by atoms with E-state index in [0.717, 1.165) is 19.4 Å². The first-order valence-corrected chi connectivity index (χ1v) is 8.06.